The van der Waals surface area contributed by atoms with Crippen LogP contribution in [0, 0.1) is 13.8 Å². The first kappa shape index (κ1) is 20.8. The van der Waals surface area contributed by atoms with Crippen LogP contribution in [0.5, 0.6) is 0 Å². The van der Waals surface area contributed by atoms with E-state index in [0.717, 1.165) is 43.5 Å². The third kappa shape index (κ3) is 3.98. The average Bonchev–Trinajstić information content (AvgIpc) is 3.01. The van der Waals surface area contributed by atoms with Gasteiger partial charge in [-0.05, 0) is 74.1 Å². The van der Waals surface area contributed by atoms with Crippen molar-refractivity contribution in [1.29, 1.82) is 0 Å². The number of carbonyl (C=O) groups is 3. The number of hydrogen-bond acceptors (Lipinski definition) is 4. The number of likely N-dealkylation sites (tertiary alicyclic amines) is 1. The lowest BCUT2D eigenvalue weighted by molar-refractivity contribution is -0.121. The van der Waals surface area contributed by atoms with Gasteiger partial charge in [-0.3, -0.25) is 14.4 Å². The Kier molecular flexibility index (Phi) is 5.63. The molecule has 0 unspecified atom stereocenters. The van der Waals surface area contributed by atoms with Gasteiger partial charge in [0.15, 0.2) is 0 Å². The zero-order valence-electron chi connectivity index (χ0n) is 18.2. The molecule has 2 aromatic rings. The molecule has 0 spiro atoms. The van der Waals surface area contributed by atoms with Crippen molar-refractivity contribution in [1.82, 2.24) is 4.90 Å². The third-order valence-electron chi connectivity index (χ3n) is 5.97. The van der Waals surface area contributed by atoms with Crippen molar-refractivity contribution in [2.45, 2.75) is 40.0 Å². The van der Waals surface area contributed by atoms with Crippen LogP contribution in [0.4, 0.5) is 11.4 Å². The van der Waals surface area contributed by atoms with E-state index in [2.05, 4.69) is 10.2 Å². The Morgan fingerprint density at radius 2 is 1.55 bits per heavy atom. The van der Waals surface area contributed by atoms with E-state index in [1.807, 2.05) is 32.0 Å². The summed E-state index contributed by atoms with van der Waals surface area (Å²) in [5.74, 6) is -0.730. The summed E-state index contributed by atoms with van der Waals surface area (Å²) in [5.41, 5.74) is 4.98. The van der Waals surface area contributed by atoms with Gasteiger partial charge in [-0.25, -0.2) is 4.90 Å². The zero-order valence-corrected chi connectivity index (χ0v) is 18.2. The van der Waals surface area contributed by atoms with Crippen LogP contribution in [-0.2, 0) is 14.4 Å². The fourth-order valence-corrected chi connectivity index (χ4v) is 4.21. The van der Waals surface area contributed by atoms with Gasteiger partial charge in [0, 0.05) is 25.7 Å². The lowest BCUT2D eigenvalue weighted by Crippen LogP contribution is -2.37. The Morgan fingerprint density at radius 1 is 0.871 bits per heavy atom. The second-order valence-electron chi connectivity index (χ2n) is 8.24. The van der Waals surface area contributed by atoms with E-state index < -0.39 is 0 Å². The van der Waals surface area contributed by atoms with E-state index in [-0.39, 0.29) is 17.7 Å². The highest BCUT2D eigenvalue weighted by atomic mass is 16.2. The van der Waals surface area contributed by atoms with Crippen LogP contribution >= 0.6 is 0 Å². The van der Waals surface area contributed by atoms with Crippen LogP contribution < -0.4 is 10.2 Å². The predicted molar refractivity (Wildman–Crippen MR) is 121 cm³/mol. The molecule has 2 heterocycles. The van der Waals surface area contributed by atoms with Crippen molar-refractivity contribution >= 4 is 34.7 Å². The molecular formula is C25H27N3O3. The summed E-state index contributed by atoms with van der Waals surface area (Å²) in [4.78, 5) is 41.8. The van der Waals surface area contributed by atoms with Gasteiger partial charge in [-0.2, -0.15) is 0 Å². The highest BCUT2D eigenvalue weighted by molar-refractivity contribution is 6.45. The Labute approximate surface area is 182 Å². The van der Waals surface area contributed by atoms with Crippen LogP contribution in [0.2, 0.25) is 0 Å². The van der Waals surface area contributed by atoms with E-state index in [1.165, 1.54) is 11.8 Å². The van der Waals surface area contributed by atoms with Crippen LogP contribution in [0.25, 0.3) is 5.57 Å². The minimum Gasteiger partial charge on any atom is -0.366 e. The number of piperidine rings is 1. The molecule has 2 aromatic carbocycles. The topological polar surface area (TPSA) is 69.7 Å². The summed E-state index contributed by atoms with van der Waals surface area (Å²) >= 11 is 0. The molecule has 2 aliphatic heterocycles. The van der Waals surface area contributed by atoms with E-state index >= 15 is 0 Å². The molecule has 1 fully saturated rings. The Bertz CT molecular complexity index is 1080. The van der Waals surface area contributed by atoms with Crippen molar-refractivity contribution in [2.75, 3.05) is 23.3 Å². The third-order valence-corrected chi connectivity index (χ3v) is 5.97. The van der Waals surface area contributed by atoms with Crippen molar-refractivity contribution in [3.63, 3.8) is 0 Å². The lowest BCUT2D eigenvalue weighted by Gasteiger charge is -2.29. The molecule has 2 aliphatic rings. The number of hydrogen-bond donors (Lipinski definition) is 1. The van der Waals surface area contributed by atoms with E-state index in [4.69, 9.17) is 0 Å². The molecule has 3 amide bonds. The number of imide groups is 1. The first-order valence-electron chi connectivity index (χ1n) is 10.7. The molecule has 160 valence electrons. The van der Waals surface area contributed by atoms with Gasteiger partial charge in [0.2, 0.25) is 5.91 Å². The summed E-state index contributed by atoms with van der Waals surface area (Å²) in [6, 6.07) is 12.8. The second-order valence-corrected chi connectivity index (χ2v) is 8.24. The van der Waals surface area contributed by atoms with Gasteiger partial charge in [0.05, 0.1) is 11.3 Å². The molecule has 0 saturated carbocycles. The molecule has 0 atom stereocenters. The Balaban J connectivity index is 1.78. The van der Waals surface area contributed by atoms with Crippen LogP contribution in [0.1, 0.15) is 42.9 Å². The van der Waals surface area contributed by atoms with Crippen molar-refractivity contribution in [3.05, 3.63) is 64.9 Å². The summed E-state index contributed by atoms with van der Waals surface area (Å²) in [5, 5.41) is 2.74. The van der Waals surface area contributed by atoms with Gasteiger partial charge < -0.3 is 10.2 Å². The fraction of sp³-hybridized carbons (Fsp3) is 0.320. The van der Waals surface area contributed by atoms with E-state index in [0.29, 0.717) is 28.2 Å². The van der Waals surface area contributed by atoms with Crippen molar-refractivity contribution in [3.8, 4) is 0 Å². The van der Waals surface area contributed by atoms with Crippen molar-refractivity contribution < 1.29 is 14.4 Å². The van der Waals surface area contributed by atoms with E-state index in [1.54, 1.807) is 24.3 Å². The number of amides is 3. The Morgan fingerprint density at radius 3 is 2.16 bits per heavy atom. The smallest absolute Gasteiger partial charge is 0.282 e. The molecular weight excluding hydrogens is 390 g/mol. The predicted octanol–water partition coefficient (Wildman–Crippen LogP) is 4.03. The lowest BCUT2D eigenvalue weighted by atomic mass is 10.0. The maximum absolute atomic E-state index is 13.6. The molecule has 0 radical (unpaired) electrons. The average molecular weight is 418 g/mol. The number of anilines is 2. The summed E-state index contributed by atoms with van der Waals surface area (Å²) in [6.45, 7) is 6.97. The van der Waals surface area contributed by atoms with Gasteiger partial charge in [0.25, 0.3) is 11.8 Å². The molecule has 1 N–H and O–H groups in total. The molecule has 0 bridgehead atoms. The Hall–Kier alpha value is -3.41. The largest absolute Gasteiger partial charge is 0.366 e. The van der Waals surface area contributed by atoms with Gasteiger partial charge in [-0.15, -0.1) is 0 Å². The first-order chi connectivity index (χ1) is 14.9. The number of carbonyl (C=O) groups excluding carboxylic acids is 3. The zero-order chi connectivity index (χ0) is 22.1. The van der Waals surface area contributed by atoms with Gasteiger partial charge in [0.1, 0.15) is 5.70 Å². The second kappa shape index (κ2) is 8.38. The summed E-state index contributed by atoms with van der Waals surface area (Å²) < 4.78 is 0. The number of nitrogens with one attached hydrogen (secondary N) is 1. The van der Waals surface area contributed by atoms with Crippen molar-refractivity contribution in [2.24, 2.45) is 0 Å². The van der Waals surface area contributed by atoms with Crippen LogP contribution in [0.3, 0.4) is 0 Å². The standard InChI is InChI=1S/C25H27N3O3/c1-16-7-12-21(15-17(16)2)28-24(30)22(19-8-10-20(11-9-19)26-18(3)29)23(25(28)31)27-13-5-4-6-14-27/h7-12,15H,4-6,13-14H2,1-3H3,(H,26,29). The minimum atomic E-state index is -0.305. The molecule has 31 heavy (non-hydrogen) atoms. The summed E-state index contributed by atoms with van der Waals surface area (Å²) in [7, 11) is 0. The highest BCUT2D eigenvalue weighted by Gasteiger charge is 2.42. The number of aryl methyl sites for hydroxylation is 2. The maximum Gasteiger partial charge on any atom is 0.282 e. The first-order valence-corrected chi connectivity index (χ1v) is 10.7. The molecule has 6 heteroatoms. The van der Waals surface area contributed by atoms with Gasteiger partial charge in [-0.1, -0.05) is 18.2 Å². The van der Waals surface area contributed by atoms with E-state index in [9.17, 15) is 14.4 Å². The quantitative estimate of drug-likeness (QED) is 0.763. The van der Waals surface area contributed by atoms with Crippen LogP contribution in [0.15, 0.2) is 48.2 Å². The highest BCUT2D eigenvalue weighted by Crippen LogP contribution is 2.36. The number of benzene rings is 2. The molecule has 4 rings (SSSR count). The molecule has 6 nitrogen and oxygen atoms in total. The number of rotatable bonds is 4. The minimum absolute atomic E-state index is 0.158. The molecule has 1 saturated heterocycles. The fourth-order valence-electron chi connectivity index (χ4n) is 4.21. The van der Waals surface area contributed by atoms with Gasteiger partial charge >= 0.3 is 0 Å². The molecule has 0 aliphatic carbocycles. The SMILES string of the molecule is CC(=O)Nc1ccc(C2=C(N3CCCCC3)C(=O)N(c3ccc(C)c(C)c3)C2=O)cc1. The number of nitrogens with zero attached hydrogens (tertiary/aromatic N) is 2. The monoisotopic (exact) mass is 417 g/mol. The normalized spacial score (nSPS) is 16.9. The van der Waals surface area contributed by atoms with Crippen LogP contribution in [-0.4, -0.2) is 35.7 Å². The maximum atomic E-state index is 13.6. The summed E-state index contributed by atoms with van der Waals surface area (Å²) in [6.07, 6.45) is 3.14. The molecule has 0 aromatic heterocycles.